The zero-order chi connectivity index (χ0) is 22.7. The number of rotatable bonds is 9. The van der Waals surface area contributed by atoms with E-state index in [1.54, 1.807) is 0 Å². The average molecular weight is 445 g/mol. The summed E-state index contributed by atoms with van der Waals surface area (Å²) in [6.07, 6.45) is 7.04. The zero-order valence-electron chi connectivity index (χ0n) is 19.7. The molecular formula is C27H36N6. The molecule has 0 saturated carbocycles. The minimum absolute atomic E-state index is 0.467. The van der Waals surface area contributed by atoms with E-state index in [-0.39, 0.29) is 0 Å². The van der Waals surface area contributed by atoms with Crippen molar-refractivity contribution in [2.24, 2.45) is 4.99 Å². The minimum atomic E-state index is 0.467. The van der Waals surface area contributed by atoms with Crippen LogP contribution in [-0.2, 0) is 19.5 Å². The third-order valence-corrected chi connectivity index (χ3v) is 6.12. The van der Waals surface area contributed by atoms with E-state index in [0.717, 1.165) is 63.8 Å². The van der Waals surface area contributed by atoms with E-state index < -0.39 is 0 Å². The van der Waals surface area contributed by atoms with Crippen molar-refractivity contribution >= 4 is 5.96 Å². The molecule has 174 valence electrons. The molecular weight excluding hydrogens is 408 g/mol. The van der Waals surface area contributed by atoms with Gasteiger partial charge in [-0.2, -0.15) is 0 Å². The first-order valence-electron chi connectivity index (χ1n) is 12.1. The van der Waals surface area contributed by atoms with E-state index >= 15 is 0 Å². The normalized spacial score (nSPS) is 15.5. The molecule has 0 spiro atoms. The summed E-state index contributed by atoms with van der Waals surface area (Å²) in [6.45, 7) is 7.81. The number of aromatic nitrogens is 2. The molecule has 0 atom stereocenters. The predicted molar refractivity (Wildman–Crippen MR) is 135 cm³/mol. The van der Waals surface area contributed by atoms with Crippen LogP contribution in [0.4, 0.5) is 0 Å². The number of imidazole rings is 1. The Kier molecular flexibility index (Phi) is 8.53. The maximum Gasteiger partial charge on any atom is 0.191 e. The number of aliphatic imine (C=N–C) groups is 1. The number of likely N-dealkylation sites (tertiary alicyclic amines) is 1. The van der Waals surface area contributed by atoms with Crippen molar-refractivity contribution in [1.29, 1.82) is 0 Å². The molecule has 2 aromatic carbocycles. The Hall–Kier alpha value is -3.12. The number of guanidine groups is 1. The van der Waals surface area contributed by atoms with Gasteiger partial charge in [0.1, 0.15) is 5.82 Å². The number of benzene rings is 2. The molecule has 1 aromatic heterocycles. The van der Waals surface area contributed by atoms with E-state index in [1.807, 2.05) is 6.20 Å². The van der Waals surface area contributed by atoms with Crippen LogP contribution in [0.15, 0.2) is 78.0 Å². The second-order valence-electron chi connectivity index (χ2n) is 8.65. The highest BCUT2D eigenvalue weighted by Crippen LogP contribution is 2.14. The Balaban J connectivity index is 1.25. The van der Waals surface area contributed by atoms with Crippen LogP contribution >= 0.6 is 0 Å². The molecule has 0 amide bonds. The minimum Gasteiger partial charge on any atom is -0.357 e. The largest absolute Gasteiger partial charge is 0.357 e. The average Bonchev–Trinajstić information content (AvgIpc) is 3.28. The summed E-state index contributed by atoms with van der Waals surface area (Å²) in [7, 11) is 0. The summed E-state index contributed by atoms with van der Waals surface area (Å²) < 4.78 is 2.22. The number of hydrogen-bond donors (Lipinski definition) is 2. The topological polar surface area (TPSA) is 57.5 Å². The van der Waals surface area contributed by atoms with Gasteiger partial charge in [-0.15, -0.1) is 0 Å². The van der Waals surface area contributed by atoms with E-state index in [4.69, 9.17) is 4.99 Å². The Morgan fingerprint density at radius 3 is 2.30 bits per heavy atom. The summed E-state index contributed by atoms with van der Waals surface area (Å²) >= 11 is 0. The molecule has 0 unspecified atom stereocenters. The number of nitrogens with zero attached hydrogens (tertiary/aromatic N) is 4. The Bertz CT molecular complexity index is 974. The standard InChI is InChI=1S/C27H36N6/c1-2-28-27(31-25-14-18-32(19-15-25)21-23-9-5-3-6-10-23)30-16-13-26-29-17-20-33(26)22-24-11-7-4-8-12-24/h3-12,17,20,25H,2,13-16,18-19,21-22H2,1H3,(H2,28,30,31). The quantitative estimate of drug-likeness (QED) is 0.390. The monoisotopic (exact) mass is 444 g/mol. The maximum atomic E-state index is 4.84. The van der Waals surface area contributed by atoms with Gasteiger partial charge in [0, 0.05) is 64.1 Å². The van der Waals surface area contributed by atoms with Gasteiger partial charge in [-0.05, 0) is 30.9 Å². The van der Waals surface area contributed by atoms with Gasteiger partial charge in [0.25, 0.3) is 0 Å². The fourth-order valence-electron chi connectivity index (χ4n) is 4.35. The molecule has 6 nitrogen and oxygen atoms in total. The van der Waals surface area contributed by atoms with Crippen molar-refractivity contribution in [3.8, 4) is 0 Å². The molecule has 1 saturated heterocycles. The molecule has 2 heterocycles. The Morgan fingerprint density at radius 1 is 0.970 bits per heavy atom. The molecule has 4 rings (SSSR count). The first-order valence-corrected chi connectivity index (χ1v) is 12.1. The van der Waals surface area contributed by atoms with Gasteiger partial charge >= 0.3 is 0 Å². The third-order valence-electron chi connectivity index (χ3n) is 6.12. The second-order valence-corrected chi connectivity index (χ2v) is 8.65. The van der Waals surface area contributed by atoms with Crippen LogP contribution in [0.5, 0.6) is 0 Å². The highest BCUT2D eigenvalue weighted by Gasteiger charge is 2.20. The first kappa shape index (κ1) is 23.1. The molecule has 1 aliphatic rings. The van der Waals surface area contributed by atoms with Crippen LogP contribution in [-0.4, -0.2) is 52.6 Å². The lowest BCUT2D eigenvalue weighted by Gasteiger charge is -2.33. The van der Waals surface area contributed by atoms with Gasteiger partial charge in [0.05, 0.1) is 0 Å². The highest BCUT2D eigenvalue weighted by atomic mass is 15.2. The van der Waals surface area contributed by atoms with Crippen molar-refractivity contribution in [3.05, 3.63) is 90.0 Å². The fourth-order valence-corrected chi connectivity index (χ4v) is 4.35. The maximum absolute atomic E-state index is 4.84. The smallest absolute Gasteiger partial charge is 0.191 e. The van der Waals surface area contributed by atoms with Crippen LogP contribution in [0.2, 0.25) is 0 Å². The van der Waals surface area contributed by atoms with Gasteiger partial charge in [-0.3, -0.25) is 9.89 Å². The Morgan fingerprint density at radius 2 is 1.64 bits per heavy atom. The van der Waals surface area contributed by atoms with Gasteiger partial charge < -0.3 is 15.2 Å². The van der Waals surface area contributed by atoms with Crippen molar-refractivity contribution in [2.45, 2.75) is 45.3 Å². The molecule has 2 N–H and O–H groups in total. The van der Waals surface area contributed by atoms with E-state index in [0.29, 0.717) is 12.6 Å². The molecule has 0 aliphatic carbocycles. The number of piperidine rings is 1. The van der Waals surface area contributed by atoms with Crippen LogP contribution in [0.1, 0.15) is 36.7 Å². The summed E-state index contributed by atoms with van der Waals surface area (Å²) in [5.41, 5.74) is 2.68. The van der Waals surface area contributed by atoms with Crippen molar-refractivity contribution < 1.29 is 0 Å². The van der Waals surface area contributed by atoms with Crippen molar-refractivity contribution in [3.63, 3.8) is 0 Å². The van der Waals surface area contributed by atoms with Gasteiger partial charge in [-0.25, -0.2) is 4.98 Å². The van der Waals surface area contributed by atoms with E-state index in [9.17, 15) is 0 Å². The summed E-state index contributed by atoms with van der Waals surface area (Å²) in [4.78, 5) is 12.0. The highest BCUT2D eigenvalue weighted by molar-refractivity contribution is 5.80. The third kappa shape index (κ3) is 7.19. The molecule has 33 heavy (non-hydrogen) atoms. The number of nitrogens with one attached hydrogen (secondary N) is 2. The van der Waals surface area contributed by atoms with Gasteiger partial charge in [0.15, 0.2) is 5.96 Å². The van der Waals surface area contributed by atoms with Crippen LogP contribution in [0.25, 0.3) is 0 Å². The number of hydrogen-bond acceptors (Lipinski definition) is 3. The van der Waals surface area contributed by atoms with Crippen LogP contribution in [0, 0.1) is 0 Å². The molecule has 0 bridgehead atoms. The summed E-state index contributed by atoms with van der Waals surface area (Å²) in [6, 6.07) is 21.7. The predicted octanol–water partition coefficient (Wildman–Crippen LogP) is 3.69. The Labute approximate surface area is 197 Å². The van der Waals surface area contributed by atoms with E-state index in [1.165, 1.54) is 11.1 Å². The van der Waals surface area contributed by atoms with E-state index in [2.05, 4.69) is 98.9 Å². The van der Waals surface area contributed by atoms with Crippen LogP contribution < -0.4 is 10.6 Å². The zero-order valence-corrected chi connectivity index (χ0v) is 19.7. The molecule has 6 heteroatoms. The second kappa shape index (κ2) is 12.2. The summed E-state index contributed by atoms with van der Waals surface area (Å²) in [5, 5.41) is 7.07. The molecule has 3 aromatic rings. The SMILES string of the molecule is CCNC(=NCCc1nccn1Cc1ccccc1)NC1CCN(Cc2ccccc2)CC1. The van der Waals surface area contributed by atoms with Crippen LogP contribution in [0.3, 0.4) is 0 Å². The van der Waals surface area contributed by atoms with Gasteiger partial charge in [0.2, 0.25) is 0 Å². The summed E-state index contributed by atoms with van der Waals surface area (Å²) in [5.74, 6) is 1.99. The lowest BCUT2D eigenvalue weighted by Crippen LogP contribution is -2.48. The van der Waals surface area contributed by atoms with Crippen molar-refractivity contribution in [1.82, 2.24) is 25.1 Å². The van der Waals surface area contributed by atoms with Gasteiger partial charge in [-0.1, -0.05) is 60.7 Å². The lowest BCUT2D eigenvalue weighted by molar-refractivity contribution is 0.198. The lowest BCUT2D eigenvalue weighted by atomic mass is 10.0. The van der Waals surface area contributed by atoms with Crippen molar-refractivity contribution in [2.75, 3.05) is 26.2 Å². The fraction of sp³-hybridized carbons (Fsp3) is 0.407. The molecule has 1 fully saturated rings. The first-order chi connectivity index (χ1) is 16.3. The molecule has 0 radical (unpaired) electrons. The molecule has 1 aliphatic heterocycles.